The molecule has 166 valence electrons. The Morgan fingerprint density at radius 3 is 2.45 bits per heavy atom. The maximum atomic E-state index is 12.5. The monoisotopic (exact) mass is 443 g/mol. The number of amides is 1. The van der Waals surface area contributed by atoms with Crippen molar-refractivity contribution in [2.45, 2.75) is 20.0 Å². The van der Waals surface area contributed by atoms with E-state index >= 15 is 0 Å². The number of carbonyl (C=O) groups is 2. The highest BCUT2D eigenvalue weighted by Gasteiger charge is 2.20. The molecule has 0 aliphatic heterocycles. The van der Waals surface area contributed by atoms with E-state index in [-0.39, 0.29) is 5.56 Å². The lowest BCUT2D eigenvalue weighted by Gasteiger charge is -2.13. The summed E-state index contributed by atoms with van der Waals surface area (Å²) in [6, 6.07) is 19.5. The van der Waals surface area contributed by atoms with Gasteiger partial charge in [-0.25, -0.2) is 9.59 Å². The Hall–Kier alpha value is -4.46. The number of hydrogen-bond donors (Lipinski definition) is 2. The van der Waals surface area contributed by atoms with Gasteiger partial charge in [0, 0.05) is 11.8 Å². The SMILES string of the molecule is Cc1onc(-c2ccc(-c3cccc(C(=O)O)c3)cc2)c1NC(=O)O[C@H](C)c1ccccn1. The van der Waals surface area contributed by atoms with E-state index in [0.717, 1.165) is 16.7 Å². The van der Waals surface area contributed by atoms with Crippen LogP contribution in [0, 0.1) is 6.92 Å². The number of ether oxygens (including phenoxy) is 1. The maximum Gasteiger partial charge on any atom is 0.412 e. The average molecular weight is 443 g/mol. The van der Waals surface area contributed by atoms with Crippen molar-refractivity contribution in [2.24, 2.45) is 0 Å². The molecule has 0 unspecified atom stereocenters. The lowest BCUT2D eigenvalue weighted by molar-refractivity contribution is 0.0696. The van der Waals surface area contributed by atoms with Crippen LogP contribution in [0.5, 0.6) is 0 Å². The molecular formula is C25H21N3O5. The number of pyridine rings is 1. The van der Waals surface area contributed by atoms with Gasteiger partial charge in [-0.1, -0.05) is 47.6 Å². The molecule has 4 aromatic rings. The summed E-state index contributed by atoms with van der Waals surface area (Å²) in [4.78, 5) is 27.9. The van der Waals surface area contributed by atoms with E-state index in [2.05, 4.69) is 15.5 Å². The van der Waals surface area contributed by atoms with Crippen molar-refractivity contribution in [3.05, 3.63) is 89.9 Å². The summed E-state index contributed by atoms with van der Waals surface area (Å²) in [5.74, 6) is -0.544. The normalized spacial score (nSPS) is 11.6. The molecule has 0 radical (unpaired) electrons. The summed E-state index contributed by atoms with van der Waals surface area (Å²) >= 11 is 0. The Labute approximate surface area is 189 Å². The molecule has 2 aromatic heterocycles. The number of carboxylic acid groups (broad SMARTS) is 1. The van der Waals surface area contributed by atoms with Gasteiger partial charge in [-0.05, 0) is 49.2 Å². The van der Waals surface area contributed by atoms with Gasteiger partial charge < -0.3 is 14.4 Å². The number of anilines is 1. The smallest absolute Gasteiger partial charge is 0.412 e. The van der Waals surface area contributed by atoms with Crippen LogP contribution in [0.2, 0.25) is 0 Å². The predicted molar refractivity (Wildman–Crippen MR) is 122 cm³/mol. The number of carboxylic acids is 1. The Kier molecular flexibility index (Phi) is 6.17. The van der Waals surface area contributed by atoms with Gasteiger partial charge in [0.25, 0.3) is 0 Å². The number of carbonyl (C=O) groups excluding carboxylic acids is 1. The van der Waals surface area contributed by atoms with Crippen LogP contribution in [0.15, 0.2) is 77.4 Å². The number of aromatic nitrogens is 2. The number of benzene rings is 2. The van der Waals surface area contributed by atoms with Crippen molar-refractivity contribution in [3.63, 3.8) is 0 Å². The van der Waals surface area contributed by atoms with Crippen LogP contribution in [0.1, 0.15) is 34.8 Å². The molecule has 8 heteroatoms. The standard InChI is InChI=1S/C25H21N3O5/c1-15(21-8-3-4-13-26-21)32-25(31)27-22-16(2)33-28-23(22)18-11-9-17(10-12-18)19-6-5-7-20(14-19)24(29)30/h3-15H,1-2H3,(H,27,31)(H,29,30)/t15-/m1/s1. The molecule has 4 rings (SSSR count). The Balaban J connectivity index is 1.52. The first kappa shape index (κ1) is 21.8. The summed E-state index contributed by atoms with van der Waals surface area (Å²) in [6.07, 6.45) is 0.454. The van der Waals surface area contributed by atoms with Gasteiger partial charge in [0.05, 0.1) is 11.3 Å². The van der Waals surface area contributed by atoms with Crippen LogP contribution in [0.3, 0.4) is 0 Å². The van der Waals surface area contributed by atoms with E-state index in [1.54, 1.807) is 50.4 Å². The van der Waals surface area contributed by atoms with Crippen LogP contribution in [0.25, 0.3) is 22.4 Å². The fourth-order valence-corrected chi connectivity index (χ4v) is 3.34. The lowest BCUT2D eigenvalue weighted by atomic mass is 10.0. The zero-order valence-corrected chi connectivity index (χ0v) is 18.0. The van der Waals surface area contributed by atoms with Crippen molar-refractivity contribution < 1.29 is 24.0 Å². The highest BCUT2D eigenvalue weighted by atomic mass is 16.6. The van der Waals surface area contributed by atoms with E-state index in [9.17, 15) is 14.7 Å². The van der Waals surface area contributed by atoms with Gasteiger partial charge in [0.2, 0.25) is 0 Å². The largest absolute Gasteiger partial charge is 0.478 e. The topological polar surface area (TPSA) is 115 Å². The van der Waals surface area contributed by atoms with Crippen molar-refractivity contribution in [3.8, 4) is 22.4 Å². The van der Waals surface area contributed by atoms with E-state index < -0.39 is 18.2 Å². The molecule has 1 amide bonds. The summed E-state index contributed by atoms with van der Waals surface area (Å²) in [7, 11) is 0. The van der Waals surface area contributed by atoms with E-state index in [1.165, 1.54) is 0 Å². The van der Waals surface area contributed by atoms with Gasteiger partial charge in [-0.15, -0.1) is 0 Å². The number of hydrogen-bond acceptors (Lipinski definition) is 6. The Morgan fingerprint density at radius 1 is 1.00 bits per heavy atom. The van der Waals surface area contributed by atoms with Crippen LogP contribution < -0.4 is 5.32 Å². The van der Waals surface area contributed by atoms with Crippen molar-refractivity contribution in [2.75, 3.05) is 5.32 Å². The molecule has 2 aromatic carbocycles. The molecule has 0 bridgehead atoms. The zero-order chi connectivity index (χ0) is 23.4. The third-order valence-electron chi connectivity index (χ3n) is 5.08. The van der Waals surface area contributed by atoms with Crippen LogP contribution >= 0.6 is 0 Å². The van der Waals surface area contributed by atoms with E-state index in [1.807, 2.05) is 36.4 Å². The molecule has 0 saturated heterocycles. The second-order valence-electron chi connectivity index (χ2n) is 7.35. The van der Waals surface area contributed by atoms with Crippen LogP contribution in [-0.2, 0) is 4.74 Å². The molecule has 33 heavy (non-hydrogen) atoms. The predicted octanol–water partition coefficient (Wildman–Crippen LogP) is 5.72. The molecule has 0 aliphatic rings. The molecule has 0 aliphatic carbocycles. The minimum Gasteiger partial charge on any atom is -0.478 e. The number of nitrogens with one attached hydrogen (secondary N) is 1. The first-order chi connectivity index (χ1) is 15.9. The minimum atomic E-state index is -0.980. The van der Waals surface area contributed by atoms with E-state index in [4.69, 9.17) is 9.26 Å². The highest BCUT2D eigenvalue weighted by molar-refractivity contribution is 5.92. The van der Waals surface area contributed by atoms with Gasteiger partial charge in [0.1, 0.15) is 17.5 Å². The summed E-state index contributed by atoms with van der Waals surface area (Å²) in [6.45, 7) is 3.43. The summed E-state index contributed by atoms with van der Waals surface area (Å²) < 4.78 is 10.7. The van der Waals surface area contributed by atoms with Gasteiger partial charge in [0.15, 0.2) is 5.76 Å². The fourth-order valence-electron chi connectivity index (χ4n) is 3.34. The minimum absolute atomic E-state index is 0.216. The summed E-state index contributed by atoms with van der Waals surface area (Å²) in [5.41, 5.74) is 4.07. The third-order valence-corrected chi connectivity index (χ3v) is 5.08. The van der Waals surface area contributed by atoms with Gasteiger partial charge in [-0.3, -0.25) is 10.3 Å². The molecule has 8 nitrogen and oxygen atoms in total. The number of nitrogens with zero attached hydrogens (tertiary/aromatic N) is 2. The molecule has 2 heterocycles. The highest BCUT2D eigenvalue weighted by Crippen LogP contribution is 2.32. The Bertz CT molecular complexity index is 1280. The van der Waals surface area contributed by atoms with Crippen molar-refractivity contribution >= 4 is 17.7 Å². The average Bonchev–Trinajstić information content (AvgIpc) is 3.19. The van der Waals surface area contributed by atoms with E-state index in [0.29, 0.717) is 22.8 Å². The molecule has 1 atom stereocenters. The van der Waals surface area contributed by atoms with Gasteiger partial charge >= 0.3 is 12.1 Å². The van der Waals surface area contributed by atoms with Crippen molar-refractivity contribution in [1.29, 1.82) is 0 Å². The lowest BCUT2D eigenvalue weighted by Crippen LogP contribution is -2.17. The molecule has 0 saturated carbocycles. The first-order valence-corrected chi connectivity index (χ1v) is 10.2. The van der Waals surface area contributed by atoms with Crippen molar-refractivity contribution in [1.82, 2.24) is 10.1 Å². The number of aromatic carboxylic acids is 1. The maximum absolute atomic E-state index is 12.5. The molecular weight excluding hydrogens is 422 g/mol. The van der Waals surface area contributed by atoms with Crippen LogP contribution in [-0.4, -0.2) is 27.3 Å². The third kappa shape index (κ3) is 4.90. The van der Waals surface area contributed by atoms with Crippen LogP contribution in [0.4, 0.5) is 10.5 Å². The molecule has 0 spiro atoms. The molecule has 0 fully saturated rings. The van der Waals surface area contributed by atoms with Gasteiger partial charge in [-0.2, -0.15) is 0 Å². The second kappa shape index (κ2) is 9.35. The first-order valence-electron chi connectivity index (χ1n) is 10.2. The number of rotatable bonds is 6. The number of aryl methyl sites for hydroxylation is 1. The Morgan fingerprint density at radius 2 is 1.76 bits per heavy atom. The zero-order valence-electron chi connectivity index (χ0n) is 18.0. The fraction of sp³-hybridized carbons (Fsp3) is 0.120. The summed E-state index contributed by atoms with van der Waals surface area (Å²) in [5, 5.41) is 16.0. The molecule has 2 N–H and O–H groups in total. The second-order valence-corrected chi connectivity index (χ2v) is 7.35. The quantitative estimate of drug-likeness (QED) is 0.392.